The number of hydrogen-bond acceptors (Lipinski definition) is 3. The highest BCUT2D eigenvalue weighted by Crippen LogP contribution is 2.20. The lowest BCUT2D eigenvalue weighted by molar-refractivity contribution is -0.306. The number of carbonyl (C=O) groups is 2. The van der Waals surface area contributed by atoms with Gasteiger partial charge in [0.1, 0.15) is 0 Å². The quantitative estimate of drug-likeness (QED) is 0.746. The molecule has 2 aromatic rings. The fourth-order valence-corrected chi connectivity index (χ4v) is 2.68. The lowest BCUT2D eigenvalue weighted by Gasteiger charge is -2.18. The number of rotatable bonds is 6. The van der Waals surface area contributed by atoms with E-state index >= 15 is 0 Å². The maximum atomic E-state index is 12.4. The zero-order chi connectivity index (χ0) is 15.9. The second-order valence-corrected chi connectivity index (χ2v) is 6.09. The SMILES string of the molecule is O=C([O-])C[C@H](Cc1ccccc1)C(=O)Nc1ccccc1I. The summed E-state index contributed by atoms with van der Waals surface area (Å²) in [5.74, 6) is -2.19. The third-order valence-electron chi connectivity index (χ3n) is 3.24. The minimum atomic E-state index is -1.22. The molecule has 22 heavy (non-hydrogen) atoms. The van der Waals surface area contributed by atoms with Crippen molar-refractivity contribution in [1.29, 1.82) is 0 Å². The number of hydrogen-bond donors (Lipinski definition) is 1. The lowest BCUT2D eigenvalue weighted by Crippen LogP contribution is -2.32. The minimum Gasteiger partial charge on any atom is -0.550 e. The first-order chi connectivity index (χ1) is 10.6. The van der Waals surface area contributed by atoms with Crippen molar-refractivity contribution in [3.05, 3.63) is 63.7 Å². The van der Waals surface area contributed by atoms with Crippen molar-refractivity contribution in [1.82, 2.24) is 0 Å². The van der Waals surface area contributed by atoms with Gasteiger partial charge in [-0.25, -0.2) is 0 Å². The van der Waals surface area contributed by atoms with Crippen LogP contribution < -0.4 is 10.4 Å². The summed E-state index contributed by atoms with van der Waals surface area (Å²) in [5, 5.41) is 13.7. The van der Waals surface area contributed by atoms with Crippen LogP contribution in [0.2, 0.25) is 0 Å². The van der Waals surface area contributed by atoms with Crippen molar-refractivity contribution < 1.29 is 14.7 Å². The second-order valence-electron chi connectivity index (χ2n) is 4.93. The molecule has 0 saturated carbocycles. The molecular formula is C17H15INO3-. The van der Waals surface area contributed by atoms with Gasteiger partial charge in [-0.15, -0.1) is 0 Å². The third kappa shape index (κ3) is 4.84. The van der Waals surface area contributed by atoms with Gasteiger partial charge >= 0.3 is 0 Å². The zero-order valence-corrected chi connectivity index (χ0v) is 13.9. The van der Waals surface area contributed by atoms with Gasteiger partial charge in [-0.05, 0) is 53.1 Å². The highest BCUT2D eigenvalue weighted by Gasteiger charge is 2.20. The van der Waals surface area contributed by atoms with Crippen LogP contribution in [0, 0.1) is 9.49 Å². The molecular weight excluding hydrogens is 393 g/mol. The molecule has 5 heteroatoms. The molecule has 0 aromatic heterocycles. The molecule has 0 saturated heterocycles. The van der Waals surface area contributed by atoms with E-state index in [0.717, 1.165) is 9.13 Å². The fourth-order valence-electron chi connectivity index (χ4n) is 2.15. The van der Waals surface area contributed by atoms with Gasteiger partial charge in [0.05, 0.1) is 5.69 Å². The van der Waals surface area contributed by atoms with Gasteiger partial charge in [0.2, 0.25) is 5.91 Å². The zero-order valence-electron chi connectivity index (χ0n) is 11.8. The number of nitrogens with one attached hydrogen (secondary N) is 1. The Hall–Kier alpha value is -1.89. The van der Waals surface area contributed by atoms with E-state index in [9.17, 15) is 14.7 Å². The molecule has 0 heterocycles. The van der Waals surface area contributed by atoms with Crippen LogP contribution >= 0.6 is 22.6 Å². The molecule has 1 atom stereocenters. The molecule has 2 aromatic carbocycles. The summed E-state index contributed by atoms with van der Waals surface area (Å²) in [6, 6.07) is 16.7. The van der Waals surface area contributed by atoms with Crippen LogP contribution in [0.5, 0.6) is 0 Å². The van der Waals surface area contributed by atoms with Crippen LogP contribution in [0.3, 0.4) is 0 Å². The van der Waals surface area contributed by atoms with E-state index in [1.807, 2.05) is 48.5 Å². The lowest BCUT2D eigenvalue weighted by atomic mass is 9.95. The molecule has 0 fully saturated rings. The summed E-state index contributed by atoms with van der Waals surface area (Å²) >= 11 is 2.12. The van der Waals surface area contributed by atoms with Gasteiger partial charge in [0.25, 0.3) is 0 Å². The first-order valence-electron chi connectivity index (χ1n) is 6.85. The second kappa shape index (κ2) is 7.93. The summed E-state index contributed by atoms with van der Waals surface area (Å²) in [6.07, 6.45) is 0.0637. The van der Waals surface area contributed by atoms with E-state index in [-0.39, 0.29) is 12.3 Å². The van der Waals surface area contributed by atoms with Gasteiger partial charge in [0, 0.05) is 15.5 Å². The molecule has 2 rings (SSSR count). The summed E-state index contributed by atoms with van der Waals surface area (Å²) in [4.78, 5) is 23.3. The normalized spacial score (nSPS) is 11.7. The van der Waals surface area contributed by atoms with E-state index < -0.39 is 11.9 Å². The number of carboxylic acid groups (broad SMARTS) is 1. The molecule has 0 unspecified atom stereocenters. The third-order valence-corrected chi connectivity index (χ3v) is 4.18. The molecule has 0 radical (unpaired) electrons. The molecule has 1 N–H and O–H groups in total. The van der Waals surface area contributed by atoms with Gasteiger partial charge in [-0.1, -0.05) is 42.5 Å². The van der Waals surface area contributed by atoms with Crippen molar-refractivity contribution in [2.45, 2.75) is 12.8 Å². The van der Waals surface area contributed by atoms with Gasteiger partial charge in [-0.2, -0.15) is 0 Å². The van der Waals surface area contributed by atoms with Gasteiger partial charge in [0.15, 0.2) is 0 Å². The molecule has 1 amide bonds. The number of anilines is 1. The Balaban J connectivity index is 2.12. The first kappa shape index (κ1) is 16.5. The van der Waals surface area contributed by atoms with Crippen LogP contribution in [-0.4, -0.2) is 11.9 Å². The van der Waals surface area contributed by atoms with Crippen molar-refractivity contribution in [3.8, 4) is 0 Å². The number of carbonyl (C=O) groups excluding carboxylic acids is 2. The summed E-state index contributed by atoms with van der Waals surface area (Å²) in [7, 11) is 0. The fraction of sp³-hybridized carbons (Fsp3) is 0.176. The smallest absolute Gasteiger partial charge is 0.228 e. The van der Waals surface area contributed by atoms with Crippen molar-refractivity contribution in [3.63, 3.8) is 0 Å². The van der Waals surface area contributed by atoms with Crippen LogP contribution in [-0.2, 0) is 16.0 Å². The summed E-state index contributed by atoms with van der Waals surface area (Å²) in [6.45, 7) is 0. The van der Waals surface area contributed by atoms with Crippen LogP contribution in [0.4, 0.5) is 5.69 Å². The van der Waals surface area contributed by atoms with Crippen molar-refractivity contribution in [2.75, 3.05) is 5.32 Å². The minimum absolute atomic E-state index is 0.301. The average Bonchev–Trinajstić information content (AvgIpc) is 2.49. The van der Waals surface area contributed by atoms with E-state index in [4.69, 9.17) is 0 Å². The highest BCUT2D eigenvalue weighted by atomic mass is 127. The standard InChI is InChI=1S/C17H16INO3/c18-14-8-4-5-9-15(14)19-17(22)13(11-16(20)21)10-12-6-2-1-3-7-12/h1-9,13H,10-11H2,(H,19,22)(H,20,21)/p-1/t13-/m0/s1. The van der Waals surface area contributed by atoms with E-state index in [2.05, 4.69) is 27.9 Å². The maximum Gasteiger partial charge on any atom is 0.228 e. The van der Waals surface area contributed by atoms with Gasteiger partial charge in [-0.3, -0.25) is 4.79 Å². The Morgan fingerprint density at radius 3 is 2.32 bits per heavy atom. The molecule has 114 valence electrons. The topological polar surface area (TPSA) is 69.2 Å². The maximum absolute atomic E-state index is 12.4. The number of aliphatic carboxylic acids is 1. The Bertz CT molecular complexity index is 658. The molecule has 4 nitrogen and oxygen atoms in total. The van der Waals surface area contributed by atoms with Crippen LogP contribution in [0.25, 0.3) is 0 Å². The van der Waals surface area contributed by atoms with Crippen LogP contribution in [0.1, 0.15) is 12.0 Å². The number of carboxylic acids is 1. The van der Waals surface area contributed by atoms with Crippen molar-refractivity contribution >= 4 is 40.2 Å². The summed E-state index contributed by atoms with van der Waals surface area (Å²) in [5.41, 5.74) is 1.61. The monoisotopic (exact) mass is 408 g/mol. The molecule has 0 aliphatic carbocycles. The predicted octanol–water partition coefficient (Wildman–Crippen LogP) is 2.23. The first-order valence-corrected chi connectivity index (χ1v) is 7.93. The predicted molar refractivity (Wildman–Crippen MR) is 91.0 cm³/mol. The Morgan fingerprint density at radius 2 is 1.68 bits per heavy atom. The average molecular weight is 408 g/mol. The number of benzene rings is 2. The Kier molecular flexibility index (Phi) is 5.94. The van der Waals surface area contributed by atoms with Gasteiger partial charge < -0.3 is 15.2 Å². The molecule has 0 aliphatic rings. The molecule has 0 bridgehead atoms. The number of amides is 1. The largest absolute Gasteiger partial charge is 0.550 e. The van der Waals surface area contributed by atoms with E-state index in [1.54, 1.807) is 6.07 Å². The molecule has 0 aliphatic heterocycles. The number of para-hydroxylation sites is 1. The Labute approximate surface area is 142 Å². The van der Waals surface area contributed by atoms with E-state index in [1.165, 1.54) is 0 Å². The van der Waals surface area contributed by atoms with E-state index in [0.29, 0.717) is 12.1 Å². The van der Waals surface area contributed by atoms with Crippen LogP contribution in [0.15, 0.2) is 54.6 Å². The number of halogens is 1. The Morgan fingerprint density at radius 1 is 1.05 bits per heavy atom. The summed E-state index contributed by atoms with van der Waals surface area (Å²) < 4.78 is 0.903. The molecule has 0 spiro atoms. The van der Waals surface area contributed by atoms with Crippen molar-refractivity contribution in [2.24, 2.45) is 5.92 Å². The highest BCUT2D eigenvalue weighted by molar-refractivity contribution is 14.1.